The fourth-order valence-electron chi connectivity index (χ4n) is 3.07. The number of benzene rings is 1. The summed E-state index contributed by atoms with van der Waals surface area (Å²) in [7, 11) is 0. The maximum atomic E-state index is 13.0. The fraction of sp³-hybridized carbons (Fsp3) is 0.167. The molecule has 3 rings (SSSR count). The van der Waals surface area contributed by atoms with Gasteiger partial charge in [0.05, 0.1) is 10.6 Å². The average Bonchev–Trinajstić information content (AvgIpc) is 2.69. The molecule has 6 heteroatoms. The Kier molecular flexibility index (Phi) is 6.61. The third-order valence-electron chi connectivity index (χ3n) is 4.56. The molecule has 0 amide bonds. The minimum absolute atomic E-state index is 0.0136. The topological polar surface area (TPSA) is 64.3 Å². The molecule has 0 unspecified atom stereocenters. The van der Waals surface area contributed by atoms with Gasteiger partial charge in [0, 0.05) is 5.56 Å². The van der Waals surface area contributed by atoms with Crippen LogP contribution in [-0.2, 0) is 6.54 Å². The van der Waals surface area contributed by atoms with Crippen LogP contribution in [0, 0.1) is 26.2 Å². The van der Waals surface area contributed by atoms with E-state index in [9.17, 15) is 9.90 Å². The van der Waals surface area contributed by atoms with Crippen LogP contribution in [0.1, 0.15) is 11.3 Å². The number of aromatic hydroxyl groups is 1. The van der Waals surface area contributed by atoms with E-state index in [1.54, 1.807) is 19.1 Å². The summed E-state index contributed by atoms with van der Waals surface area (Å²) < 4.78 is 7.20. The maximum absolute atomic E-state index is 13.0. The van der Waals surface area contributed by atoms with Crippen LogP contribution >= 0.6 is 11.6 Å². The van der Waals surface area contributed by atoms with Crippen LogP contribution in [0.4, 0.5) is 0 Å². The van der Waals surface area contributed by atoms with Gasteiger partial charge in [0.25, 0.3) is 5.56 Å². The summed E-state index contributed by atoms with van der Waals surface area (Å²) in [6, 6.07) is 3.47. The molecule has 1 heterocycles. The van der Waals surface area contributed by atoms with E-state index in [-0.39, 0.29) is 30.2 Å². The SMILES string of the molecule is C#CCn1nc(C)c(O)c(-c2c(C)ccc(Cl)c2OCC2=C/C=C\C=C/C=C\2)c1=O. The first-order chi connectivity index (χ1) is 14.4. The first kappa shape index (κ1) is 21.2. The summed E-state index contributed by atoms with van der Waals surface area (Å²) >= 11 is 6.45. The monoisotopic (exact) mass is 420 g/mol. The van der Waals surface area contributed by atoms with Gasteiger partial charge in [-0.05, 0) is 31.1 Å². The predicted octanol–water partition coefficient (Wildman–Crippen LogP) is 4.51. The standard InChI is InChI=1S/C24H21ClN2O3/c1-4-14-27-24(29)21(22(28)17(3)26-27)20-16(2)12-13-19(25)23(20)30-15-18-10-8-6-5-7-9-11-18/h1,5-13,28H,14-15H2,2-3H3/b6-5-,7-5?,8-6?,9-7-,10-8-,11-9?,18-10?,18-11+. The molecule has 0 bridgehead atoms. The minimum atomic E-state index is -0.510. The quantitative estimate of drug-likeness (QED) is 0.723. The number of allylic oxidation sites excluding steroid dienone is 6. The van der Waals surface area contributed by atoms with Gasteiger partial charge < -0.3 is 9.84 Å². The number of hydrogen-bond acceptors (Lipinski definition) is 4. The van der Waals surface area contributed by atoms with Crippen molar-refractivity contribution in [1.82, 2.24) is 9.78 Å². The number of hydrogen-bond donors (Lipinski definition) is 1. The van der Waals surface area contributed by atoms with Gasteiger partial charge in [-0.25, -0.2) is 4.68 Å². The Balaban J connectivity index is 2.13. The molecule has 0 saturated carbocycles. The number of terminal acetylenes is 1. The van der Waals surface area contributed by atoms with Crippen LogP contribution in [0.2, 0.25) is 5.02 Å². The minimum Gasteiger partial charge on any atom is -0.505 e. The molecular formula is C24H21ClN2O3. The highest BCUT2D eigenvalue weighted by atomic mass is 35.5. The Morgan fingerprint density at radius 2 is 1.90 bits per heavy atom. The largest absolute Gasteiger partial charge is 0.505 e. The van der Waals surface area contributed by atoms with Crippen LogP contribution in [-0.4, -0.2) is 21.5 Å². The smallest absolute Gasteiger partial charge is 0.279 e. The third kappa shape index (κ3) is 4.40. The predicted molar refractivity (Wildman–Crippen MR) is 120 cm³/mol. The number of ether oxygens (including phenoxy) is 1. The summed E-state index contributed by atoms with van der Waals surface area (Å²) in [6.07, 6.45) is 18.8. The molecule has 1 aromatic carbocycles. The van der Waals surface area contributed by atoms with E-state index in [0.717, 1.165) is 15.8 Å². The van der Waals surface area contributed by atoms with E-state index in [1.165, 1.54) is 0 Å². The first-order valence-corrected chi connectivity index (χ1v) is 9.68. The van der Waals surface area contributed by atoms with Crippen molar-refractivity contribution in [2.45, 2.75) is 20.4 Å². The van der Waals surface area contributed by atoms with Crippen molar-refractivity contribution < 1.29 is 9.84 Å². The summed E-state index contributed by atoms with van der Waals surface area (Å²) in [6.45, 7) is 3.64. The normalized spacial score (nSPS) is 17.7. The maximum Gasteiger partial charge on any atom is 0.279 e. The van der Waals surface area contributed by atoms with Crippen molar-refractivity contribution in [3.8, 4) is 35.0 Å². The van der Waals surface area contributed by atoms with Crippen molar-refractivity contribution >= 4 is 11.6 Å². The molecule has 152 valence electrons. The number of aromatic nitrogens is 2. The molecule has 1 aliphatic rings. The molecule has 0 aliphatic heterocycles. The molecule has 2 aromatic rings. The van der Waals surface area contributed by atoms with Gasteiger partial charge in [0.1, 0.15) is 24.6 Å². The van der Waals surface area contributed by atoms with E-state index in [2.05, 4.69) is 11.0 Å². The Bertz CT molecular complexity index is 1190. The molecule has 0 atom stereocenters. The summed E-state index contributed by atoms with van der Waals surface area (Å²) in [5.41, 5.74) is 1.91. The number of nitrogens with zero attached hydrogens (tertiary/aromatic N) is 2. The van der Waals surface area contributed by atoms with Crippen molar-refractivity contribution in [3.05, 3.63) is 86.9 Å². The van der Waals surface area contributed by atoms with Crippen LogP contribution in [0.3, 0.4) is 0 Å². The van der Waals surface area contributed by atoms with Gasteiger partial charge in [-0.15, -0.1) is 6.42 Å². The lowest BCUT2D eigenvalue weighted by atomic mass is 9.99. The molecule has 1 N–H and O–H groups in total. The van der Waals surface area contributed by atoms with Gasteiger partial charge in [-0.2, -0.15) is 5.10 Å². The van der Waals surface area contributed by atoms with Crippen LogP contribution in [0.5, 0.6) is 11.5 Å². The van der Waals surface area contributed by atoms with E-state index in [4.69, 9.17) is 22.8 Å². The average molecular weight is 421 g/mol. The van der Waals surface area contributed by atoms with Crippen molar-refractivity contribution in [3.63, 3.8) is 0 Å². The Labute approximate surface area is 180 Å². The number of aryl methyl sites for hydroxylation is 2. The zero-order valence-electron chi connectivity index (χ0n) is 16.7. The van der Waals surface area contributed by atoms with E-state index < -0.39 is 5.56 Å². The van der Waals surface area contributed by atoms with E-state index in [0.29, 0.717) is 16.3 Å². The second-order valence-corrected chi connectivity index (χ2v) is 7.11. The first-order valence-electron chi connectivity index (χ1n) is 9.31. The Hall–Kier alpha value is -3.49. The molecule has 0 saturated heterocycles. The zero-order valence-corrected chi connectivity index (χ0v) is 17.5. The highest BCUT2D eigenvalue weighted by molar-refractivity contribution is 6.32. The van der Waals surface area contributed by atoms with Crippen LogP contribution in [0.25, 0.3) is 11.1 Å². The molecule has 0 fully saturated rings. The third-order valence-corrected chi connectivity index (χ3v) is 4.85. The van der Waals surface area contributed by atoms with Crippen LogP contribution in [0.15, 0.2) is 65.0 Å². The van der Waals surface area contributed by atoms with Crippen molar-refractivity contribution in [2.75, 3.05) is 6.61 Å². The lowest BCUT2D eigenvalue weighted by Gasteiger charge is -2.18. The van der Waals surface area contributed by atoms with E-state index in [1.807, 2.05) is 49.5 Å². The molecular weight excluding hydrogens is 400 g/mol. The second-order valence-electron chi connectivity index (χ2n) is 6.70. The zero-order chi connectivity index (χ0) is 21.7. The highest BCUT2D eigenvalue weighted by Gasteiger charge is 2.23. The van der Waals surface area contributed by atoms with E-state index >= 15 is 0 Å². The van der Waals surface area contributed by atoms with Gasteiger partial charge in [0.15, 0.2) is 5.75 Å². The van der Waals surface area contributed by atoms with Crippen LogP contribution < -0.4 is 10.3 Å². The fourth-order valence-corrected chi connectivity index (χ4v) is 3.28. The molecule has 0 spiro atoms. The van der Waals surface area contributed by atoms with Gasteiger partial charge in [-0.3, -0.25) is 4.79 Å². The molecule has 30 heavy (non-hydrogen) atoms. The lowest BCUT2D eigenvalue weighted by Crippen LogP contribution is -2.25. The van der Waals surface area contributed by atoms with Gasteiger partial charge in [0.2, 0.25) is 0 Å². The van der Waals surface area contributed by atoms with Gasteiger partial charge in [-0.1, -0.05) is 66.1 Å². The Morgan fingerprint density at radius 1 is 1.17 bits per heavy atom. The molecule has 1 aromatic heterocycles. The number of halogens is 1. The van der Waals surface area contributed by atoms with Gasteiger partial charge >= 0.3 is 0 Å². The molecule has 1 aliphatic carbocycles. The molecule has 5 nitrogen and oxygen atoms in total. The highest BCUT2D eigenvalue weighted by Crippen LogP contribution is 2.41. The summed E-state index contributed by atoms with van der Waals surface area (Å²) in [5, 5.41) is 15.1. The molecule has 0 radical (unpaired) electrons. The second kappa shape index (κ2) is 9.34. The van der Waals surface area contributed by atoms with Crippen molar-refractivity contribution in [1.29, 1.82) is 0 Å². The lowest BCUT2D eigenvalue weighted by molar-refractivity contribution is 0.356. The summed E-state index contributed by atoms with van der Waals surface area (Å²) in [5.74, 6) is 2.50. The van der Waals surface area contributed by atoms with Crippen molar-refractivity contribution in [2.24, 2.45) is 0 Å². The Morgan fingerprint density at radius 3 is 2.67 bits per heavy atom. The number of rotatable bonds is 5. The summed E-state index contributed by atoms with van der Waals surface area (Å²) in [4.78, 5) is 13.0.